The maximum absolute atomic E-state index is 5.66. The van der Waals surface area contributed by atoms with E-state index < -0.39 is 0 Å². The topological polar surface area (TPSA) is 18.5 Å². The maximum Gasteiger partial charge on any atom is 0.128 e. The van der Waals surface area contributed by atoms with E-state index in [9.17, 15) is 0 Å². The van der Waals surface area contributed by atoms with Gasteiger partial charge in [-0.2, -0.15) is 0 Å². The molecular formula is C13H18O2. The van der Waals surface area contributed by atoms with Crippen molar-refractivity contribution in [3.05, 3.63) is 42.2 Å². The highest BCUT2D eigenvalue weighted by Gasteiger charge is 2.21. The van der Waals surface area contributed by atoms with Crippen molar-refractivity contribution in [2.24, 2.45) is 0 Å². The summed E-state index contributed by atoms with van der Waals surface area (Å²) in [6.45, 7) is 9.64. The van der Waals surface area contributed by atoms with Gasteiger partial charge in [0.25, 0.3) is 0 Å². The molecule has 0 aliphatic rings. The standard InChI is InChI=1S/C13H18O2/c1-10(2)15-13(3,4)11-6-8-12(14-5)9-7-11/h6-9H,1H2,2-5H3. The summed E-state index contributed by atoms with van der Waals surface area (Å²) < 4.78 is 10.8. The quantitative estimate of drug-likeness (QED) is 0.702. The fourth-order valence-corrected chi connectivity index (χ4v) is 1.49. The lowest BCUT2D eigenvalue weighted by molar-refractivity contribution is 0.0337. The first-order valence-electron chi connectivity index (χ1n) is 4.95. The zero-order valence-corrected chi connectivity index (χ0v) is 9.83. The lowest BCUT2D eigenvalue weighted by Crippen LogP contribution is -2.20. The maximum atomic E-state index is 5.66. The Morgan fingerprint density at radius 3 is 2.13 bits per heavy atom. The van der Waals surface area contributed by atoms with E-state index in [-0.39, 0.29) is 5.60 Å². The van der Waals surface area contributed by atoms with Gasteiger partial charge in [-0.1, -0.05) is 18.7 Å². The predicted octanol–water partition coefficient (Wildman–Crippen LogP) is 3.48. The van der Waals surface area contributed by atoms with Gasteiger partial charge in [-0.05, 0) is 38.5 Å². The highest BCUT2D eigenvalue weighted by atomic mass is 16.5. The molecule has 0 heterocycles. The van der Waals surface area contributed by atoms with Crippen LogP contribution in [0.4, 0.5) is 0 Å². The van der Waals surface area contributed by atoms with Gasteiger partial charge >= 0.3 is 0 Å². The van der Waals surface area contributed by atoms with Crippen molar-refractivity contribution in [1.82, 2.24) is 0 Å². The van der Waals surface area contributed by atoms with E-state index in [4.69, 9.17) is 9.47 Å². The lowest BCUT2D eigenvalue weighted by Gasteiger charge is -2.27. The molecule has 0 saturated carbocycles. The third-order valence-electron chi connectivity index (χ3n) is 2.21. The van der Waals surface area contributed by atoms with E-state index in [1.807, 2.05) is 45.0 Å². The Kier molecular flexibility index (Phi) is 3.40. The minimum absolute atomic E-state index is 0.349. The summed E-state index contributed by atoms with van der Waals surface area (Å²) >= 11 is 0. The molecule has 0 radical (unpaired) electrons. The molecule has 0 aromatic heterocycles. The molecule has 0 aliphatic heterocycles. The molecule has 0 N–H and O–H groups in total. The third kappa shape index (κ3) is 3.01. The Bertz CT molecular complexity index is 336. The molecule has 82 valence electrons. The molecule has 2 heteroatoms. The SMILES string of the molecule is C=C(C)OC(C)(C)c1ccc(OC)cc1. The van der Waals surface area contributed by atoms with Gasteiger partial charge in [0.05, 0.1) is 12.9 Å². The summed E-state index contributed by atoms with van der Waals surface area (Å²) in [5.74, 6) is 1.57. The first kappa shape index (κ1) is 11.6. The van der Waals surface area contributed by atoms with Crippen molar-refractivity contribution >= 4 is 0 Å². The first-order chi connectivity index (χ1) is 6.95. The van der Waals surface area contributed by atoms with Crippen molar-refractivity contribution in [3.63, 3.8) is 0 Å². The zero-order chi connectivity index (χ0) is 11.5. The van der Waals surface area contributed by atoms with Gasteiger partial charge in [-0.3, -0.25) is 0 Å². The predicted molar refractivity (Wildman–Crippen MR) is 61.9 cm³/mol. The van der Waals surface area contributed by atoms with E-state index in [0.717, 1.165) is 17.1 Å². The molecule has 1 aromatic rings. The normalized spacial score (nSPS) is 10.9. The number of rotatable bonds is 4. The average Bonchev–Trinajstić information content (AvgIpc) is 2.16. The number of hydrogen-bond donors (Lipinski definition) is 0. The average molecular weight is 206 g/mol. The van der Waals surface area contributed by atoms with E-state index in [0.29, 0.717) is 0 Å². The zero-order valence-electron chi connectivity index (χ0n) is 9.83. The van der Waals surface area contributed by atoms with Crippen LogP contribution in [-0.4, -0.2) is 7.11 Å². The number of ether oxygens (including phenoxy) is 2. The van der Waals surface area contributed by atoms with Crippen molar-refractivity contribution in [3.8, 4) is 5.75 Å². The monoisotopic (exact) mass is 206 g/mol. The molecule has 0 unspecified atom stereocenters. The van der Waals surface area contributed by atoms with Gasteiger partial charge in [0, 0.05) is 0 Å². The first-order valence-corrected chi connectivity index (χ1v) is 4.95. The minimum Gasteiger partial charge on any atom is -0.497 e. The van der Waals surface area contributed by atoms with Crippen LogP contribution in [0, 0.1) is 0 Å². The van der Waals surface area contributed by atoms with Crippen molar-refractivity contribution < 1.29 is 9.47 Å². The van der Waals surface area contributed by atoms with Crippen LogP contribution in [0.15, 0.2) is 36.6 Å². The summed E-state index contributed by atoms with van der Waals surface area (Å²) in [6.07, 6.45) is 0. The molecule has 0 spiro atoms. The second kappa shape index (κ2) is 4.39. The molecule has 2 nitrogen and oxygen atoms in total. The molecule has 0 fully saturated rings. The number of benzene rings is 1. The largest absolute Gasteiger partial charge is 0.497 e. The van der Waals surface area contributed by atoms with Gasteiger partial charge in [0.2, 0.25) is 0 Å². The molecule has 0 aliphatic carbocycles. The summed E-state index contributed by atoms with van der Waals surface area (Å²) in [5, 5.41) is 0. The van der Waals surface area contributed by atoms with Gasteiger partial charge in [-0.15, -0.1) is 0 Å². The number of hydrogen-bond acceptors (Lipinski definition) is 2. The van der Waals surface area contributed by atoms with E-state index in [1.165, 1.54) is 0 Å². The smallest absolute Gasteiger partial charge is 0.128 e. The van der Waals surface area contributed by atoms with Crippen LogP contribution in [0.2, 0.25) is 0 Å². The van der Waals surface area contributed by atoms with Gasteiger partial charge in [0.15, 0.2) is 0 Å². The van der Waals surface area contributed by atoms with Gasteiger partial charge in [0.1, 0.15) is 11.4 Å². The minimum atomic E-state index is -0.349. The van der Waals surface area contributed by atoms with Crippen LogP contribution in [0.1, 0.15) is 26.3 Å². The van der Waals surface area contributed by atoms with Crippen molar-refractivity contribution in [1.29, 1.82) is 0 Å². The highest BCUT2D eigenvalue weighted by Crippen LogP contribution is 2.28. The molecular weight excluding hydrogens is 188 g/mol. The van der Waals surface area contributed by atoms with Crippen LogP contribution < -0.4 is 4.74 Å². The van der Waals surface area contributed by atoms with Gasteiger partial charge in [-0.25, -0.2) is 0 Å². The Morgan fingerprint density at radius 1 is 1.20 bits per heavy atom. The van der Waals surface area contributed by atoms with Crippen LogP contribution in [0.3, 0.4) is 0 Å². The molecule has 0 saturated heterocycles. The summed E-state index contributed by atoms with van der Waals surface area (Å²) in [4.78, 5) is 0. The van der Waals surface area contributed by atoms with E-state index >= 15 is 0 Å². The Morgan fingerprint density at radius 2 is 1.73 bits per heavy atom. The lowest BCUT2D eigenvalue weighted by atomic mass is 9.98. The number of allylic oxidation sites excluding steroid dienone is 1. The Labute approximate surface area is 91.5 Å². The van der Waals surface area contributed by atoms with Crippen LogP contribution in [-0.2, 0) is 10.3 Å². The van der Waals surface area contributed by atoms with Crippen LogP contribution in [0.25, 0.3) is 0 Å². The van der Waals surface area contributed by atoms with Crippen LogP contribution >= 0.6 is 0 Å². The highest BCUT2D eigenvalue weighted by molar-refractivity contribution is 5.30. The Hall–Kier alpha value is -1.44. The summed E-state index contributed by atoms with van der Waals surface area (Å²) in [7, 11) is 1.66. The second-order valence-corrected chi connectivity index (χ2v) is 4.04. The van der Waals surface area contributed by atoms with Gasteiger partial charge < -0.3 is 9.47 Å². The van der Waals surface area contributed by atoms with E-state index in [1.54, 1.807) is 7.11 Å². The summed E-state index contributed by atoms with van der Waals surface area (Å²) in [6, 6.07) is 7.86. The molecule has 15 heavy (non-hydrogen) atoms. The fourth-order valence-electron chi connectivity index (χ4n) is 1.49. The van der Waals surface area contributed by atoms with Crippen LogP contribution in [0.5, 0.6) is 5.75 Å². The van der Waals surface area contributed by atoms with Crippen molar-refractivity contribution in [2.45, 2.75) is 26.4 Å². The summed E-state index contributed by atoms with van der Waals surface area (Å²) in [5.41, 5.74) is 0.754. The van der Waals surface area contributed by atoms with E-state index in [2.05, 4.69) is 6.58 Å². The Balaban J connectivity index is 2.89. The molecule has 1 rings (SSSR count). The fraction of sp³-hybridized carbons (Fsp3) is 0.385. The number of methoxy groups -OCH3 is 1. The molecule has 0 atom stereocenters. The molecule has 0 bridgehead atoms. The van der Waals surface area contributed by atoms with Crippen molar-refractivity contribution in [2.75, 3.05) is 7.11 Å². The molecule has 1 aromatic carbocycles. The third-order valence-corrected chi connectivity index (χ3v) is 2.21. The molecule has 0 amide bonds. The second-order valence-electron chi connectivity index (χ2n) is 4.04.